The lowest BCUT2D eigenvalue weighted by atomic mass is 10.0. The van der Waals surface area contributed by atoms with Gasteiger partial charge in [0.1, 0.15) is 12.4 Å². The fraction of sp³-hybridized carbons (Fsp3) is 0.182. The molecule has 4 nitrogen and oxygen atoms in total. The van der Waals surface area contributed by atoms with Crippen LogP contribution in [0.3, 0.4) is 0 Å². The molecule has 0 saturated carbocycles. The first-order chi connectivity index (χ1) is 13.2. The summed E-state index contributed by atoms with van der Waals surface area (Å²) in [6.45, 7) is 1.56. The highest BCUT2D eigenvalue weighted by Crippen LogP contribution is 2.29. The minimum atomic E-state index is 0.0475. The molecular formula is C22H19ClN2O2. The molecule has 2 heterocycles. The number of fused-ring (bicyclic) bond motifs is 1. The number of hydrogen-bond donors (Lipinski definition) is 0. The molecule has 4 rings (SSSR count). The van der Waals surface area contributed by atoms with Crippen LogP contribution in [0.15, 0.2) is 67.0 Å². The summed E-state index contributed by atoms with van der Waals surface area (Å²) < 4.78 is 5.86. The second-order valence-corrected chi connectivity index (χ2v) is 6.90. The summed E-state index contributed by atoms with van der Waals surface area (Å²) in [6.07, 6.45) is 3.88. The maximum Gasteiger partial charge on any atom is 0.227 e. The van der Waals surface area contributed by atoms with Gasteiger partial charge in [0, 0.05) is 35.1 Å². The summed E-state index contributed by atoms with van der Waals surface area (Å²) >= 11 is 6.21. The molecule has 1 aromatic heterocycles. The van der Waals surface area contributed by atoms with Gasteiger partial charge in [-0.15, -0.1) is 0 Å². The third-order valence-corrected chi connectivity index (χ3v) is 5.06. The van der Waals surface area contributed by atoms with E-state index < -0.39 is 0 Å². The monoisotopic (exact) mass is 378 g/mol. The zero-order valence-corrected chi connectivity index (χ0v) is 15.5. The van der Waals surface area contributed by atoms with Gasteiger partial charge in [-0.2, -0.15) is 0 Å². The lowest BCUT2D eigenvalue weighted by Gasteiger charge is -2.20. The van der Waals surface area contributed by atoms with Crippen molar-refractivity contribution in [2.45, 2.75) is 13.0 Å². The highest BCUT2D eigenvalue weighted by molar-refractivity contribution is 6.31. The zero-order valence-electron chi connectivity index (χ0n) is 14.8. The van der Waals surface area contributed by atoms with Crippen LogP contribution in [0.25, 0.3) is 11.1 Å². The molecule has 5 heteroatoms. The number of hydrogen-bond acceptors (Lipinski definition) is 3. The number of benzene rings is 2. The van der Waals surface area contributed by atoms with Crippen molar-refractivity contribution < 1.29 is 9.53 Å². The number of aromatic nitrogens is 1. The second-order valence-electron chi connectivity index (χ2n) is 6.50. The van der Waals surface area contributed by atoms with E-state index in [9.17, 15) is 4.79 Å². The molecule has 0 atom stereocenters. The fourth-order valence-electron chi connectivity index (χ4n) is 3.24. The van der Waals surface area contributed by atoms with Gasteiger partial charge in [0.15, 0.2) is 0 Å². The largest absolute Gasteiger partial charge is 0.491 e. The number of amides is 1. The van der Waals surface area contributed by atoms with Crippen LogP contribution in [-0.2, 0) is 17.8 Å². The standard InChI is InChI=1S/C22H19ClN2O2/c23-20-6-2-1-4-17(20)13-22(26)25-10-11-27-21-8-7-16(12-19(21)15-25)18-5-3-9-24-14-18/h1-9,12,14H,10-11,13,15H2. The number of carbonyl (C=O) groups is 1. The first-order valence-corrected chi connectivity index (χ1v) is 9.26. The van der Waals surface area contributed by atoms with Crippen LogP contribution in [0, 0.1) is 0 Å². The molecule has 0 saturated heterocycles. The van der Waals surface area contributed by atoms with Gasteiger partial charge in [0.05, 0.1) is 13.0 Å². The molecule has 2 aromatic carbocycles. The molecule has 0 spiro atoms. The minimum absolute atomic E-state index is 0.0475. The molecule has 27 heavy (non-hydrogen) atoms. The Hall–Kier alpha value is -2.85. The number of pyridine rings is 1. The summed E-state index contributed by atoms with van der Waals surface area (Å²) in [7, 11) is 0. The predicted molar refractivity (Wildman–Crippen MR) is 106 cm³/mol. The molecule has 0 radical (unpaired) electrons. The Balaban J connectivity index is 1.57. The number of nitrogens with zero attached hydrogens (tertiary/aromatic N) is 2. The number of ether oxygens (including phenoxy) is 1. The van der Waals surface area contributed by atoms with Crippen LogP contribution in [0.5, 0.6) is 5.75 Å². The van der Waals surface area contributed by atoms with E-state index in [1.807, 2.05) is 59.6 Å². The SMILES string of the molecule is O=C(Cc1ccccc1Cl)N1CCOc2ccc(-c3cccnc3)cc2C1. The van der Waals surface area contributed by atoms with Crippen molar-refractivity contribution in [1.82, 2.24) is 9.88 Å². The lowest BCUT2D eigenvalue weighted by Crippen LogP contribution is -2.33. The molecule has 0 unspecified atom stereocenters. The Bertz CT molecular complexity index is 960. The quantitative estimate of drug-likeness (QED) is 0.679. The summed E-state index contributed by atoms with van der Waals surface area (Å²) in [5, 5.41) is 0.621. The van der Waals surface area contributed by atoms with Gasteiger partial charge in [0.2, 0.25) is 5.91 Å². The maximum absolute atomic E-state index is 12.8. The zero-order chi connectivity index (χ0) is 18.6. The van der Waals surface area contributed by atoms with E-state index in [-0.39, 0.29) is 12.3 Å². The third-order valence-electron chi connectivity index (χ3n) is 4.69. The van der Waals surface area contributed by atoms with Crippen molar-refractivity contribution in [1.29, 1.82) is 0 Å². The number of rotatable bonds is 3. The highest BCUT2D eigenvalue weighted by atomic mass is 35.5. The smallest absolute Gasteiger partial charge is 0.227 e. The van der Waals surface area contributed by atoms with Crippen molar-refractivity contribution in [3.8, 4) is 16.9 Å². The van der Waals surface area contributed by atoms with Gasteiger partial charge < -0.3 is 9.64 Å². The van der Waals surface area contributed by atoms with Crippen LogP contribution >= 0.6 is 11.6 Å². The highest BCUT2D eigenvalue weighted by Gasteiger charge is 2.21. The molecule has 1 aliphatic heterocycles. The lowest BCUT2D eigenvalue weighted by molar-refractivity contribution is -0.131. The van der Waals surface area contributed by atoms with Crippen LogP contribution in [-0.4, -0.2) is 28.9 Å². The van der Waals surface area contributed by atoms with Crippen molar-refractivity contribution >= 4 is 17.5 Å². The van der Waals surface area contributed by atoms with Crippen LogP contribution in [0.4, 0.5) is 0 Å². The van der Waals surface area contributed by atoms with E-state index in [2.05, 4.69) is 11.1 Å². The number of carbonyl (C=O) groups excluding carboxylic acids is 1. The average Bonchev–Trinajstić information content (AvgIpc) is 2.92. The Morgan fingerprint density at radius 3 is 2.81 bits per heavy atom. The summed E-state index contributed by atoms with van der Waals surface area (Å²) in [5.74, 6) is 0.877. The van der Waals surface area contributed by atoms with Gasteiger partial charge >= 0.3 is 0 Å². The normalized spacial score (nSPS) is 13.4. The van der Waals surface area contributed by atoms with Crippen molar-refractivity contribution in [2.24, 2.45) is 0 Å². The van der Waals surface area contributed by atoms with E-state index >= 15 is 0 Å². The molecule has 0 N–H and O–H groups in total. The molecule has 3 aromatic rings. The van der Waals surface area contributed by atoms with Crippen LogP contribution in [0.1, 0.15) is 11.1 Å². The van der Waals surface area contributed by atoms with Gasteiger partial charge in [-0.25, -0.2) is 0 Å². The fourth-order valence-corrected chi connectivity index (χ4v) is 3.44. The number of halogens is 1. The molecule has 0 bridgehead atoms. The third kappa shape index (κ3) is 3.96. The Labute approximate surface area is 163 Å². The van der Waals surface area contributed by atoms with Crippen molar-refractivity contribution in [3.05, 3.63) is 83.1 Å². The van der Waals surface area contributed by atoms with Gasteiger partial charge in [-0.3, -0.25) is 9.78 Å². The molecule has 136 valence electrons. The average molecular weight is 379 g/mol. The predicted octanol–water partition coefficient (Wildman–Crippen LogP) is 4.37. The Kier molecular flexibility index (Phi) is 5.07. The Morgan fingerprint density at radius 1 is 1.11 bits per heavy atom. The summed E-state index contributed by atoms with van der Waals surface area (Å²) in [4.78, 5) is 18.9. The van der Waals surface area contributed by atoms with E-state index in [1.165, 1.54) is 0 Å². The molecule has 0 fully saturated rings. The first-order valence-electron chi connectivity index (χ1n) is 8.88. The van der Waals surface area contributed by atoms with E-state index in [0.29, 0.717) is 24.7 Å². The molecule has 1 aliphatic rings. The minimum Gasteiger partial charge on any atom is -0.491 e. The summed E-state index contributed by atoms with van der Waals surface area (Å²) in [6, 6.07) is 17.5. The van der Waals surface area contributed by atoms with Gasteiger partial charge in [0.25, 0.3) is 0 Å². The van der Waals surface area contributed by atoms with E-state index in [4.69, 9.17) is 16.3 Å². The van der Waals surface area contributed by atoms with Crippen molar-refractivity contribution in [2.75, 3.05) is 13.2 Å². The van der Waals surface area contributed by atoms with E-state index in [0.717, 1.165) is 28.0 Å². The molecule has 0 aliphatic carbocycles. The molecule has 1 amide bonds. The topological polar surface area (TPSA) is 42.4 Å². The van der Waals surface area contributed by atoms with Gasteiger partial charge in [-0.05, 0) is 35.4 Å². The van der Waals surface area contributed by atoms with E-state index in [1.54, 1.807) is 6.20 Å². The summed E-state index contributed by atoms with van der Waals surface area (Å²) in [5.41, 5.74) is 3.95. The maximum atomic E-state index is 12.8. The van der Waals surface area contributed by atoms with Crippen molar-refractivity contribution in [3.63, 3.8) is 0 Å². The van der Waals surface area contributed by atoms with Gasteiger partial charge in [-0.1, -0.05) is 41.9 Å². The van der Waals surface area contributed by atoms with Crippen LogP contribution < -0.4 is 4.74 Å². The van der Waals surface area contributed by atoms with Crippen LogP contribution in [0.2, 0.25) is 5.02 Å². The molecular weight excluding hydrogens is 360 g/mol. The Morgan fingerprint density at radius 2 is 2.00 bits per heavy atom. The second kappa shape index (κ2) is 7.80. The first kappa shape index (κ1) is 17.6.